The Morgan fingerprint density at radius 2 is 1.93 bits per heavy atom. The normalized spacial score (nSPS) is 20.2. The van der Waals surface area contributed by atoms with Gasteiger partial charge in [0, 0.05) is 26.2 Å². The number of carbonyl (C=O) groups is 1. The number of carbonyl (C=O) groups excluding carboxylic acids is 1. The van der Waals surface area contributed by atoms with E-state index in [4.69, 9.17) is 4.74 Å². The molecule has 0 saturated carbocycles. The van der Waals surface area contributed by atoms with E-state index in [1.165, 1.54) is 30.5 Å². The summed E-state index contributed by atoms with van der Waals surface area (Å²) in [6.07, 6.45) is 5.01. The van der Waals surface area contributed by atoms with Gasteiger partial charge in [0.05, 0.1) is 13.5 Å². The largest absolute Gasteiger partial charge is 0.497 e. The van der Waals surface area contributed by atoms with Crippen molar-refractivity contribution in [2.45, 2.75) is 32.1 Å². The monoisotopic (exact) mass is 392 g/mol. The van der Waals surface area contributed by atoms with Gasteiger partial charge in [0.25, 0.3) is 0 Å². The highest BCUT2D eigenvalue weighted by molar-refractivity contribution is 5.80. The molecule has 4 heteroatoms. The average Bonchev–Trinajstić information content (AvgIpc) is 2.91. The second-order valence-corrected chi connectivity index (χ2v) is 8.45. The zero-order valence-electron chi connectivity index (χ0n) is 17.5. The molecule has 2 aromatic rings. The van der Waals surface area contributed by atoms with Crippen molar-refractivity contribution in [3.05, 3.63) is 65.2 Å². The Morgan fingerprint density at radius 1 is 1.07 bits per heavy atom. The van der Waals surface area contributed by atoms with Crippen molar-refractivity contribution < 1.29 is 9.53 Å². The molecule has 2 aliphatic rings. The minimum Gasteiger partial charge on any atom is -0.497 e. The Morgan fingerprint density at radius 3 is 2.76 bits per heavy atom. The molecule has 154 valence electrons. The van der Waals surface area contributed by atoms with Crippen molar-refractivity contribution in [3.63, 3.8) is 0 Å². The highest BCUT2D eigenvalue weighted by Gasteiger charge is 2.26. The molecule has 0 aromatic heterocycles. The van der Waals surface area contributed by atoms with E-state index in [1.807, 2.05) is 6.07 Å². The van der Waals surface area contributed by atoms with Gasteiger partial charge in [-0.25, -0.2) is 0 Å². The van der Waals surface area contributed by atoms with Gasteiger partial charge < -0.3 is 14.5 Å². The highest BCUT2D eigenvalue weighted by Crippen LogP contribution is 2.24. The molecule has 1 fully saturated rings. The van der Waals surface area contributed by atoms with E-state index in [1.54, 1.807) is 7.11 Å². The number of amides is 1. The van der Waals surface area contributed by atoms with Crippen LogP contribution in [0.5, 0.6) is 5.75 Å². The third-order valence-electron chi connectivity index (χ3n) is 6.40. The zero-order valence-corrected chi connectivity index (χ0v) is 17.5. The van der Waals surface area contributed by atoms with Crippen molar-refractivity contribution in [1.82, 2.24) is 9.80 Å². The topological polar surface area (TPSA) is 32.8 Å². The summed E-state index contributed by atoms with van der Waals surface area (Å²) in [6.45, 7) is 5.12. The molecule has 1 unspecified atom stereocenters. The van der Waals surface area contributed by atoms with Crippen LogP contribution >= 0.6 is 0 Å². The van der Waals surface area contributed by atoms with Gasteiger partial charge in [0.1, 0.15) is 5.75 Å². The van der Waals surface area contributed by atoms with E-state index in [9.17, 15) is 4.79 Å². The Balaban J connectivity index is 1.32. The summed E-state index contributed by atoms with van der Waals surface area (Å²) in [4.78, 5) is 17.6. The van der Waals surface area contributed by atoms with Crippen LogP contribution in [-0.4, -0.2) is 55.5 Å². The number of methoxy groups -OCH3 is 1. The van der Waals surface area contributed by atoms with Crippen molar-refractivity contribution in [2.24, 2.45) is 5.92 Å². The summed E-state index contributed by atoms with van der Waals surface area (Å²) in [5, 5.41) is 0. The number of likely N-dealkylation sites (tertiary alicyclic amines) is 1. The lowest BCUT2D eigenvalue weighted by Crippen LogP contribution is -2.44. The molecule has 1 saturated heterocycles. The lowest BCUT2D eigenvalue weighted by molar-refractivity contribution is -0.131. The van der Waals surface area contributed by atoms with E-state index in [0.29, 0.717) is 12.3 Å². The molecule has 2 heterocycles. The summed E-state index contributed by atoms with van der Waals surface area (Å²) >= 11 is 0. The summed E-state index contributed by atoms with van der Waals surface area (Å²) < 4.78 is 5.36. The molecule has 0 bridgehead atoms. The Labute approximate surface area is 174 Å². The van der Waals surface area contributed by atoms with Crippen LogP contribution in [0, 0.1) is 5.92 Å². The fourth-order valence-corrected chi connectivity index (χ4v) is 4.73. The maximum atomic E-state index is 12.9. The summed E-state index contributed by atoms with van der Waals surface area (Å²) in [5.41, 5.74) is 3.82. The minimum absolute atomic E-state index is 0.273. The lowest BCUT2D eigenvalue weighted by atomic mass is 9.96. The maximum Gasteiger partial charge on any atom is 0.227 e. The van der Waals surface area contributed by atoms with Gasteiger partial charge in [-0.3, -0.25) is 4.79 Å². The van der Waals surface area contributed by atoms with Crippen LogP contribution in [0.25, 0.3) is 0 Å². The number of piperidine rings is 1. The SMILES string of the molecule is COc1ccc2c(c1)CCN(CC1CCCN(CCc3ccccc3)C1)C(=O)C2. The van der Waals surface area contributed by atoms with Gasteiger partial charge in [0.15, 0.2) is 0 Å². The fourth-order valence-electron chi connectivity index (χ4n) is 4.73. The summed E-state index contributed by atoms with van der Waals surface area (Å²) in [6, 6.07) is 16.9. The second kappa shape index (κ2) is 9.45. The van der Waals surface area contributed by atoms with E-state index in [-0.39, 0.29) is 5.91 Å². The first-order valence-corrected chi connectivity index (χ1v) is 10.9. The number of fused-ring (bicyclic) bond motifs is 1. The molecule has 1 amide bonds. The Bertz CT molecular complexity index is 821. The molecule has 4 nitrogen and oxygen atoms in total. The summed E-state index contributed by atoms with van der Waals surface area (Å²) in [7, 11) is 1.70. The number of ether oxygens (including phenoxy) is 1. The van der Waals surface area contributed by atoms with Crippen LogP contribution in [0.15, 0.2) is 48.5 Å². The van der Waals surface area contributed by atoms with Crippen LogP contribution < -0.4 is 4.74 Å². The molecule has 0 aliphatic carbocycles. The molecule has 0 N–H and O–H groups in total. The summed E-state index contributed by atoms with van der Waals surface area (Å²) in [5.74, 6) is 1.74. The molecule has 2 aliphatic heterocycles. The first kappa shape index (κ1) is 20.0. The maximum absolute atomic E-state index is 12.9. The van der Waals surface area contributed by atoms with Gasteiger partial charge in [0.2, 0.25) is 5.91 Å². The van der Waals surface area contributed by atoms with E-state index in [2.05, 4.69) is 52.3 Å². The molecule has 2 aromatic carbocycles. The van der Waals surface area contributed by atoms with Crippen LogP contribution in [0.2, 0.25) is 0 Å². The van der Waals surface area contributed by atoms with Gasteiger partial charge in [-0.15, -0.1) is 0 Å². The highest BCUT2D eigenvalue weighted by atomic mass is 16.5. The predicted octanol–water partition coefficient (Wildman–Crippen LogP) is 3.58. The number of benzene rings is 2. The molecule has 0 spiro atoms. The molecule has 4 rings (SSSR count). The fraction of sp³-hybridized carbons (Fsp3) is 0.480. The average molecular weight is 393 g/mol. The van der Waals surface area contributed by atoms with Gasteiger partial charge in [-0.05, 0) is 67.0 Å². The molecule has 0 radical (unpaired) electrons. The number of hydrogen-bond acceptors (Lipinski definition) is 3. The van der Waals surface area contributed by atoms with Gasteiger partial charge in [-0.2, -0.15) is 0 Å². The predicted molar refractivity (Wildman–Crippen MR) is 116 cm³/mol. The molecule has 29 heavy (non-hydrogen) atoms. The van der Waals surface area contributed by atoms with Crippen molar-refractivity contribution in [2.75, 3.05) is 39.8 Å². The molecular weight excluding hydrogens is 360 g/mol. The standard InChI is InChI=1S/C25H32N2O2/c1-29-24-10-9-22-17-25(28)27(15-12-23(22)16-24)19-21-8-5-13-26(18-21)14-11-20-6-3-2-4-7-20/h2-4,6-7,9-10,16,21H,5,8,11-15,17-19H2,1H3. The quantitative estimate of drug-likeness (QED) is 0.753. The zero-order chi connectivity index (χ0) is 20.1. The Hall–Kier alpha value is -2.33. The van der Waals surface area contributed by atoms with Gasteiger partial charge >= 0.3 is 0 Å². The van der Waals surface area contributed by atoms with Crippen LogP contribution in [0.1, 0.15) is 29.5 Å². The van der Waals surface area contributed by atoms with E-state index >= 15 is 0 Å². The van der Waals surface area contributed by atoms with E-state index in [0.717, 1.165) is 50.3 Å². The van der Waals surface area contributed by atoms with Crippen molar-refractivity contribution in [3.8, 4) is 5.75 Å². The third-order valence-corrected chi connectivity index (χ3v) is 6.40. The third kappa shape index (κ3) is 5.18. The minimum atomic E-state index is 0.273. The number of nitrogens with zero attached hydrogens (tertiary/aromatic N) is 2. The van der Waals surface area contributed by atoms with Gasteiger partial charge in [-0.1, -0.05) is 36.4 Å². The number of hydrogen-bond donors (Lipinski definition) is 0. The second-order valence-electron chi connectivity index (χ2n) is 8.45. The van der Waals surface area contributed by atoms with Crippen molar-refractivity contribution >= 4 is 5.91 Å². The molecular formula is C25H32N2O2. The van der Waals surface area contributed by atoms with Crippen LogP contribution in [-0.2, 0) is 24.1 Å². The molecule has 1 atom stereocenters. The lowest BCUT2D eigenvalue weighted by Gasteiger charge is -2.35. The van der Waals surface area contributed by atoms with Crippen LogP contribution in [0.3, 0.4) is 0 Å². The van der Waals surface area contributed by atoms with Crippen molar-refractivity contribution in [1.29, 1.82) is 0 Å². The first-order chi connectivity index (χ1) is 14.2. The van der Waals surface area contributed by atoms with E-state index < -0.39 is 0 Å². The van der Waals surface area contributed by atoms with Crippen LogP contribution in [0.4, 0.5) is 0 Å². The Kier molecular flexibility index (Phi) is 6.50. The number of rotatable bonds is 6. The smallest absolute Gasteiger partial charge is 0.227 e. The first-order valence-electron chi connectivity index (χ1n) is 10.9.